The first-order valence-corrected chi connectivity index (χ1v) is 9.80. The average molecular weight is 428 g/mol. The predicted molar refractivity (Wildman–Crippen MR) is 120 cm³/mol. The van der Waals surface area contributed by atoms with Crippen molar-refractivity contribution in [2.75, 3.05) is 17.7 Å². The van der Waals surface area contributed by atoms with Crippen LogP contribution in [0.25, 0.3) is 22.2 Å². The summed E-state index contributed by atoms with van der Waals surface area (Å²) in [4.78, 5) is 25.3. The molecule has 0 fully saturated rings. The molecular formula is C21H20N10O. The molecule has 3 N–H and O–H groups in total. The maximum atomic E-state index is 5.31. The second-order valence-electron chi connectivity index (χ2n) is 7.08. The molecule has 0 unspecified atom stereocenters. The Bertz CT molecular complexity index is 1390. The summed E-state index contributed by atoms with van der Waals surface area (Å²) in [6.45, 7) is 1.97. The third-order valence-electron chi connectivity index (χ3n) is 4.87. The Kier molecular flexibility index (Phi) is 4.82. The predicted octanol–water partition coefficient (Wildman–Crippen LogP) is 3.35. The minimum absolute atomic E-state index is 0.443. The minimum Gasteiger partial charge on any atom is -0.478 e. The highest BCUT2D eigenvalue weighted by Gasteiger charge is 2.16. The Morgan fingerprint density at radius 2 is 1.97 bits per heavy atom. The minimum atomic E-state index is 0.443. The third kappa shape index (κ3) is 3.55. The Morgan fingerprint density at radius 3 is 2.78 bits per heavy atom. The molecule has 0 bridgehead atoms. The largest absolute Gasteiger partial charge is 0.478 e. The van der Waals surface area contributed by atoms with Crippen LogP contribution in [-0.2, 0) is 7.05 Å². The van der Waals surface area contributed by atoms with E-state index in [0.29, 0.717) is 29.2 Å². The Balaban J connectivity index is 1.52. The van der Waals surface area contributed by atoms with Crippen molar-refractivity contribution in [1.82, 2.24) is 39.7 Å². The molecule has 5 heterocycles. The molecule has 0 saturated heterocycles. The van der Waals surface area contributed by atoms with Crippen molar-refractivity contribution in [3.63, 3.8) is 0 Å². The summed E-state index contributed by atoms with van der Waals surface area (Å²) < 4.78 is 6.97. The van der Waals surface area contributed by atoms with E-state index < -0.39 is 0 Å². The van der Waals surface area contributed by atoms with Crippen LogP contribution in [0.1, 0.15) is 5.56 Å². The van der Waals surface area contributed by atoms with Crippen molar-refractivity contribution in [2.24, 2.45) is 7.05 Å². The molecule has 0 spiro atoms. The highest BCUT2D eigenvalue weighted by molar-refractivity contribution is 6.00. The number of rotatable bonds is 6. The van der Waals surface area contributed by atoms with E-state index in [2.05, 4.69) is 40.7 Å². The van der Waals surface area contributed by atoms with E-state index in [4.69, 9.17) is 9.72 Å². The number of hydrogen-bond acceptors (Lipinski definition) is 9. The number of aromatic amines is 1. The number of methoxy groups -OCH3 is 1. The second kappa shape index (κ2) is 7.95. The van der Waals surface area contributed by atoms with E-state index >= 15 is 0 Å². The van der Waals surface area contributed by atoms with Gasteiger partial charge in [-0.25, -0.2) is 19.9 Å². The molecule has 0 radical (unpaired) electrons. The van der Waals surface area contributed by atoms with Crippen LogP contribution in [0.3, 0.4) is 0 Å². The zero-order chi connectivity index (χ0) is 22.1. The van der Waals surface area contributed by atoms with Crippen LogP contribution in [0.4, 0.5) is 23.3 Å². The smallest absolute Gasteiger partial charge is 0.256 e. The van der Waals surface area contributed by atoms with E-state index in [1.165, 1.54) is 0 Å². The van der Waals surface area contributed by atoms with Gasteiger partial charge in [0.1, 0.15) is 11.5 Å². The van der Waals surface area contributed by atoms with Crippen LogP contribution in [0.5, 0.6) is 5.88 Å². The lowest BCUT2D eigenvalue weighted by Crippen LogP contribution is -2.00. The molecule has 0 aromatic carbocycles. The number of ether oxygens (including phenoxy) is 1. The SMILES string of the molecule is COc1nn(C)cc1Nc1ncc(C)c(-c2c[nH]c3c(Nc4cnccn4)nccc23)n1. The molecule has 5 aromatic heterocycles. The van der Waals surface area contributed by atoms with Crippen LogP contribution in [0.2, 0.25) is 0 Å². The standard InChI is InChI=1S/C21H20N10O/c1-12-8-26-21(27-15-11-31(2)30-20(15)32-3)29-17(12)14-9-25-18-13(14)4-5-24-19(18)28-16-10-22-6-7-23-16/h4-11,25H,1-3H3,(H,23,24,28)(H,26,27,29). The number of H-pyrrole nitrogens is 1. The molecule has 5 aromatic rings. The van der Waals surface area contributed by atoms with Crippen molar-refractivity contribution < 1.29 is 4.74 Å². The van der Waals surface area contributed by atoms with Gasteiger partial charge < -0.3 is 20.4 Å². The highest BCUT2D eigenvalue weighted by Crippen LogP contribution is 2.33. The second-order valence-corrected chi connectivity index (χ2v) is 7.08. The lowest BCUT2D eigenvalue weighted by atomic mass is 10.1. The summed E-state index contributed by atoms with van der Waals surface area (Å²) in [5, 5.41) is 11.6. The Labute approximate surface area is 183 Å². The van der Waals surface area contributed by atoms with Crippen LogP contribution < -0.4 is 15.4 Å². The van der Waals surface area contributed by atoms with Gasteiger partial charge in [0.05, 0.1) is 30.7 Å². The van der Waals surface area contributed by atoms with Crippen molar-refractivity contribution in [3.05, 3.63) is 55.0 Å². The number of aryl methyl sites for hydroxylation is 2. The highest BCUT2D eigenvalue weighted by atomic mass is 16.5. The van der Waals surface area contributed by atoms with Gasteiger partial charge in [-0.2, -0.15) is 0 Å². The molecule has 11 nitrogen and oxygen atoms in total. The van der Waals surface area contributed by atoms with Gasteiger partial charge >= 0.3 is 0 Å². The Hall–Kier alpha value is -4.54. The van der Waals surface area contributed by atoms with Gasteiger partial charge in [-0.1, -0.05) is 0 Å². The number of anilines is 4. The van der Waals surface area contributed by atoms with Crippen molar-refractivity contribution in [1.29, 1.82) is 0 Å². The van der Waals surface area contributed by atoms with Crippen molar-refractivity contribution >= 4 is 34.2 Å². The van der Waals surface area contributed by atoms with Crippen LogP contribution in [0, 0.1) is 6.92 Å². The molecule has 0 aliphatic carbocycles. The van der Waals surface area contributed by atoms with E-state index in [1.54, 1.807) is 42.8 Å². The zero-order valence-electron chi connectivity index (χ0n) is 17.7. The van der Waals surface area contributed by atoms with Gasteiger partial charge in [-0.05, 0) is 18.6 Å². The first-order chi connectivity index (χ1) is 15.6. The fraction of sp³-hybridized carbons (Fsp3) is 0.143. The van der Waals surface area contributed by atoms with Gasteiger partial charge in [-0.3, -0.25) is 9.67 Å². The quantitative estimate of drug-likeness (QED) is 0.372. The molecule has 160 valence electrons. The fourth-order valence-corrected chi connectivity index (χ4v) is 3.43. The molecule has 5 rings (SSSR count). The number of nitrogens with zero attached hydrogens (tertiary/aromatic N) is 7. The van der Waals surface area contributed by atoms with Gasteiger partial charge in [0, 0.05) is 49.0 Å². The molecule has 0 aliphatic rings. The first-order valence-electron chi connectivity index (χ1n) is 9.80. The van der Waals surface area contributed by atoms with E-state index in [1.807, 2.05) is 32.4 Å². The summed E-state index contributed by atoms with van der Waals surface area (Å²) in [7, 11) is 3.39. The van der Waals surface area contributed by atoms with E-state index in [9.17, 15) is 0 Å². The monoisotopic (exact) mass is 428 g/mol. The van der Waals surface area contributed by atoms with Gasteiger partial charge in [0.2, 0.25) is 5.95 Å². The number of aromatic nitrogens is 8. The molecule has 11 heteroatoms. The first kappa shape index (κ1) is 19.4. The number of nitrogens with one attached hydrogen (secondary N) is 3. The number of pyridine rings is 1. The van der Waals surface area contributed by atoms with E-state index in [-0.39, 0.29) is 0 Å². The van der Waals surface area contributed by atoms with Gasteiger partial charge in [-0.15, -0.1) is 5.10 Å². The summed E-state index contributed by atoms with van der Waals surface area (Å²) in [6, 6.07) is 1.95. The fourth-order valence-electron chi connectivity index (χ4n) is 3.43. The molecule has 0 atom stereocenters. The summed E-state index contributed by atoms with van der Waals surface area (Å²) in [5.41, 5.74) is 4.20. The maximum absolute atomic E-state index is 5.31. The molecule has 0 amide bonds. The zero-order valence-corrected chi connectivity index (χ0v) is 17.7. The summed E-state index contributed by atoms with van der Waals surface area (Å²) in [6.07, 6.45) is 12.1. The summed E-state index contributed by atoms with van der Waals surface area (Å²) >= 11 is 0. The summed E-state index contributed by atoms with van der Waals surface area (Å²) in [5.74, 6) is 2.17. The number of fused-ring (bicyclic) bond motifs is 1. The van der Waals surface area contributed by atoms with Gasteiger partial charge in [0.25, 0.3) is 5.88 Å². The van der Waals surface area contributed by atoms with Crippen LogP contribution in [0.15, 0.2) is 49.4 Å². The maximum Gasteiger partial charge on any atom is 0.256 e. The van der Waals surface area contributed by atoms with Gasteiger partial charge in [0.15, 0.2) is 5.82 Å². The lowest BCUT2D eigenvalue weighted by molar-refractivity contribution is 0.393. The average Bonchev–Trinajstić information content (AvgIpc) is 3.39. The molecular weight excluding hydrogens is 408 g/mol. The molecule has 0 saturated carbocycles. The normalized spacial score (nSPS) is 11.0. The van der Waals surface area contributed by atoms with E-state index in [0.717, 1.165) is 27.7 Å². The lowest BCUT2D eigenvalue weighted by Gasteiger charge is -2.09. The Morgan fingerprint density at radius 1 is 1.06 bits per heavy atom. The topological polar surface area (TPSA) is 131 Å². The van der Waals surface area contributed by atoms with Crippen molar-refractivity contribution in [3.8, 4) is 17.1 Å². The van der Waals surface area contributed by atoms with Crippen LogP contribution >= 0.6 is 0 Å². The van der Waals surface area contributed by atoms with Crippen molar-refractivity contribution in [2.45, 2.75) is 6.92 Å². The molecule has 0 aliphatic heterocycles. The number of hydrogen-bond donors (Lipinski definition) is 3. The van der Waals surface area contributed by atoms with Crippen LogP contribution in [-0.4, -0.2) is 46.8 Å². The third-order valence-corrected chi connectivity index (χ3v) is 4.87. The molecule has 32 heavy (non-hydrogen) atoms.